The highest BCUT2D eigenvalue weighted by Crippen LogP contribution is 2.32. The fourth-order valence-electron chi connectivity index (χ4n) is 1.65. The quantitative estimate of drug-likeness (QED) is 0.807. The summed E-state index contributed by atoms with van der Waals surface area (Å²) in [7, 11) is 0. The van der Waals surface area contributed by atoms with Crippen molar-refractivity contribution >= 4 is 27.5 Å². The number of anilines is 1. The zero-order valence-electron chi connectivity index (χ0n) is 10.8. The van der Waals surface area contributed by atoms with Gasteiger partial charge in [0.25, 0.3) is 5.91 Å². The maximum Gasteiger partial charge on any atom is 0.416 e. The van der Waals surface area contributed by atoms with Gasteiger partial charge in [-0.15, -0.1) is 0 Å². The van der Waals surface area contributed by atoms with E-state index >= 15 is 0 Å². The molecular formula is C14H10BrF3N2O. The number of benzene rings is 1. The Bertz CT molecular complexity index is 686. The van der Waals surface area contributed by atoms with Crippen LogP contribution < -0.4 is 5.32 Å². The summed E-state index contributed by atoms with van der Waals surface area (Å²) in [6, 6.07) is 7.93. The Kier molecular flexibility index (Phi) is 4.32. The third-order valence-corrected chi connectivity index (χ3v) is 3.20. The number of amides is 1. The number of pyridine rings is 1. The van der Waals surface area contributed by atoms with Crippen LogP contribution in [0, 0.1) is 6.92 Å². The van der Waals surface area contributed by atoms with Gasteiger partial charge in [-0.3, -0.25) is 4.79 Å². The minimum Gasteiger partial charge on any atom is -0.320 e. The SMILES string of the molecule is Cc1ccc(C(F)(F)F)cc1NC(=O)c1cccc(Br)n1. The van der Waals surface area contributed by atoms with Crippen LogP contribution in [0.25, 0.3) is 0 Å². The Morgan fingerprint density at radius 3 is 2.57 bits per heavy atom. The molecule has 1 aromatic heterocycles. The topological polar surface area (TPSA) is 42.0 Å². The molecule has 0 aliphatic carbocycles. The average molecular weight is 359 g/mol. The summed E-state index contributed by atoms with van der Waals surface area (Å²) in [6.07, 6.45) is -4.46. The molecule has 1 amide bonds. The molecule has 1 N–H and O–H groups in total. The number of hydrogen-bond acceptors (Lipinski definition) is 2. The fourth-order valence-corrected chi connectivity index (χ4v) is 2.00. The van der Waals surface area contributed by atoms with Crippen molar-refractivity contribution in [1.82, 2.24) is 4.98 Å². The molecule has 0 bridgehead atoms. The molecule has 0 saturated heterocycles. The van der Waals surface area contributed by atoms with Crippen LogP contribution in [0.4, 0.5) is 18.9 Å². The number of carbonyl (C=O) groups excluding carboxylic acids is 1. The largest absolute Gasteiger partial charge is 0.416 e. The number of carbonyl (C=O) groups is 1. The van der Waals surface area contributed by atoms with Crippen LogP contribution >= 0.6 is 15.9 Å². The normalized spacial score (nSPS) is 11.3. The summed E-state index contributed by atoms with van der Waals surface area (Å²) >= 11 is 3.13. The van der Waals surface area contributed by atoms with E-state index in [0.29, 0.717) is 10.2 Å². The van der Waals surface area contributed by atoms with Gasteiger partial charge in [0.1, 0.15) is 10.3 Å². The number of rotatable bonds is 2. The standard InChI is InChI=1S/C14H10BrF3N2O/c1-8-5-6-9(14(16,17)18)7-11(8)20-13(21)10-3-2-4-12(15)19-10/h2-7H,1H3,(H,20,21). The van der Waals surface area contributed by atoms with Gasteiger partial charge in [0.05, 0.1) is 5.56 Å². The smallest absolute Gasteiger partial charge is 0.320 e. The van der Waals surface area contributed by atoms with E-state index in [4.69, 9.17) is 0 Å². The van der Waals surface area contributed by atoms with E-state index in [-0.39, 0.29) is 11.4 Å². The Morgan fingerprint density at radius 2 is 1.95 bits per heavy atom. The summed E-state index contributed by atoms with van der Waals surface area (Å²) in [6.45, 7) is 1.62. The van der Waals surface area contributed by atoms with Gasteiger partial charge in [0.2, 0.25) is 0 Å². The third-order valence-electron chi connectivity index (χ3n) is 2.76. The van der Waals surface area contributed by atoms with Crippen LogP contribution in [-0.2, 0) is 6.18 Å². The van der Waals surface area contributed by atoms with Crippen molar-refractivity contribution in [1.29, 1.82) is 0 Å². The minimum atomic E-state index is -4.46. The number of alkyl halides is 3. The number of aromatic nitrogens is 1. The molecule has 1 aromatic carbocycles. The predicted molar refractivity (Wildman–Crippen MR) is 76.1 cm³/mol. The van der Waals surface area contributed by atoms with E-state index in [9.17, 15) is 18.0 Å². The molecule has 0 spiro atoms. The number of nitrogens with zero attached hydrogens (tertiary/aromatic N) is 1. The van der Waals surface area contributed by atoms with Crippen LogP contribution in [0.5, 0.6) is 0 Å². The highest BCUT2D eigenvalue weighted by Gasteiger charge is 2.31. The molecule has 2 aromatic rings. The monoisotopic (exact) mass is 358 g/mol. The summed E-state index contributed by atoms with van der Waals surface area (Å²) in [5, 5.41) is 2.44. The first kappa shape index (κ1) is 15.5. The van der Waals surface area contributed by atoms with Crippen molar-refractivity contribution < 1.29 is 18.0 Å². The second-order valence-electron chi connectivity index (χ2n) is 4.33. The molecule has 7 heteroatoms. The molecule has 0 aliphatic heterocycles. The van der Waals surface area contributed by atoms with Crippen molar-refractivity contribution in [3.63, 3.8) is 0 Å². The predicted octanol–water partition coefficient (Wildman–Crippen LogP) is 4.42. The molecule has 0 unspecified atom stereocenters. The van der Waals surface area contributed by atoms with E-state index in [1.54, 1.807) is 19.1 Å². The fraction of sp³-hybridized carbons (Fsp3) is 0.143. The summed E-state index contributed by atoms with van der Waals surface area (Å²) < 4.78 is 38.5. The Balaban J connectivity index is 2.29. The van der Waals surface area contributed by atoms with Gasteiger partial charge in [-0.2, -0.15) is 13.2 Å². The summed E-state index contributed by atoms with van der Waals surface area (Å²) in [4.78, 5) is 16.0. The van der Waals surface area contributed by atoms with Gasteiger partial charge in [0.15, 0.2) is 0 Å². The lowest BCUT2D eigenvalue weighted by molar-refractivity contribution is -0.137. The molecule has 0 atom stereocenters. The summed E-state index contributed by atoms with van der Waals surface area (Å²) in [5.74, 6) is -0.571. The second kappa shape index (κ2) is 5.85. The van der Waals surface area contributed by atoms with Crippen molar-refractivity contribution in [2.45, 2.75) is 13.1 Å². The Labute approximate surface area is 127 Å². The molecular weight excluding hydrogens is 349 g/mol. The van der Waals surface area contributed by atoms with Crippen LogP contribution in [0.15, 0.2) is 41.0 Å². The zero-order valence-corrected chi connectivity index (χ0v) is 12.4. The first-order valence-corrected chi connectivity index (χ1v) is 6.68. The lowest BCUT2D eigenvalue weighted by atomic mass is 10.1. The van der Waals surface area contributed by atoms with Crippen molar-refractivity contribution in [3.05, 3.63) is 57.8 Å². The van der Waals surface area contributed by atoms with E-state index in [1.807, 2.05) is 0 Å². The number of nitrogens with one attached hydrogen (secondary N) is 1. The Morgan fingerprint density at radius 1 is 1.24 bits per heavy atom. The molecule has 3 nitrogen and oxygen atoms in total. The minimum absolute atomic E-state index is 0.108. The van der Waals surface area contributed by atoms with E-state index in [0.717, 1.165) is 12.1 Å². The lowest BCUT2D eigenvalue weighted by Gasteiger charge is -2.12. The zero-order chi connectivity index (χ0) is 15.6. The maximum atomic E-state index is 12.7. The van der Waals surface area contributed by atoms with Crippen LogP contribution in [0.3, 0.4) is 0 Å². The van der Waals surface area contributed by atoms with Gasteiger partial charge >= 0.3 is 6.18 Å². The van der Waals surface area contributed by atoms with Gasteiger partial charge in [-0.25, -0.2) is 4.98 Å². The van der Waals surface area contributed by atoms with Gasteiger partial charge in [0, 0.05) is 5.69 Å². The second-order valence-corrected chi connectivity index (χ2v) is 5.14. The van der Waals surface area contributed by atoms with E-state index < -0.39 is 17.6 Å². The maximum absolute atomic E-state index is 12.7. The first-order chi connectivity index (χ1) is 9.77. The van der Waals surface area contributed by atoms with Crippen molar-refractivity contribution in [2.75, 3.05) is 5.32 Å². The first-order valence-electron chi connectivity index (χ1n) is 5.89. The highest BCUT2D eigenvalue weighted by atomic mass is 79.9. The highest BCUT2D eigenvalue weighted by molar-refractivity contribution is 9.10. The molecule has 0 fully saturated rings. The van der Waals surface area contributed by atoms with Crippen LogP contribution in [0.1, 0.15) is 21.6 Å². The third kappa shape index (κ3) is 3.81. The molecule has 0 saturated carbocycles. The van der Waals surface area contributed by atoms with E-state index in [2.05, 4.69) is 26.2 Å². The molecule has 21 heavy (non-hydrogen) atoms. The summed E-state index contributed by atoms with van der Waals surface area (Å²) in [5.41, 5.74) is -0.0604. The van der Waals surface area contributed by atoms with Gasteiger partial charge in [-0.1, -0.05) is 12.1 Å². The average Bonchev–Trinajstić information content (AvgIpc) is 2.40. The van der Waals surface area contributed by atoms with Gasteiger partial charge < -0.3 is 5.32 Å². The van der Waals surface area contributed by atoms with Gasteiger partial charge in [-0.05, 0) is 52.7 Å². The van der Waals surface area contributed by atoms with Crippen molar-refractivity contribution in [3.8, 4) is 0 Å². The molecule has 0 radical (unpaired) electrons. The molecule has 1 heterocycles. The number of aryl methyl sites for hydroxylation is 1. The number of halogens is 4. The molecule has 110 valence electrons. The molecule has 0 aliphatic rings. The number of hydrogen-bond donors (Lipinski definition) is 1. The van der Waals surface area contributed by atoms with Crippen LogP contribution in [-0.4, -0.2) is 10.9 Å². The van der Waals surface area contributed by atoms with Crippen LogP contribution in [0.2, 0.25) is 0 Å². The van der Waals surface area contributed by atoms with E-state index in [1.165, 1.54) is 12.1 Å². The molecule has 2 rings (SSSR count). The van der Waals surface area contributed by atoms with Crippen molar-refractivity contribution in [2.24, 2.45) is 0 Å². The Hall–Kier alpha value is -1.89. The lowest BCUT2D eigenvalue weighted by Crippen LogP contribution is -2.15.